The average Bonchev–Trinajstić information content (AvgIpc) is 3.88. The summed E-state index contributed by atoms with van der Waals surface area (Å²) >= 11 is 2.88. The van der Waals surface area contributed by atoms with E-state index in [0.717, 1.165) is 32.7 Å². The summed E-state index contributed by atoms with van der Waals surface area (Å²) in [4.78, 5) is 35.2. The third kappa shape index (κ3) is 8.11. The standard InChI is InChI=1S/C38H38N4O6S2/c1-23-13-15-31(27-11-7-5-9-25(23)27)45-33(29-19-49-21-41-29)17-35(39-3)47-37(43)38(44)48-36(40-4)18-34(30-20-50-22-42-30)46-32-16-14-24(2)26-10-6-8-12-28(26)32/h5-16,19-22,33-36,39-40H,17-18H2,1-4H3. The van der Waals surface area contributed by atoms with Crippen molar-refractivity contribution in [2.24, 2.45) is 0 Å². The molecule has 50 heavy (non-hydrogen) atoms. The second kappa shape index (κ2) is 16.2. The lowest BCUT2D eigenvalue weighted by Gasteiger charge is -2.25. The Bertz CT molecular complexity index is 1910. The maximum atomic E-state index is 13.1. The highest BCUT2D eigenvalue weighted by atomic mass is 32.1. The maximum absolute atomic E-state index is 13.1. The summed E-state index contributed by atoms with van der Waals surface area (Å²) in [7, 11) is 3.28. The zero-order valence-electron chi connectivity index (χ0n) is 28.1. The number of esters is 2. The minimum Gasteiger partial charge on any atom is -0.483 e. The van der Waals surface area contributed by atoms with E-state index in [4.69, 9.17) is 18.9 Å². The van der Waals surface area contributed by atoms with Gasteiger partial charge in [0.25, 0.3) is 0 Å². The summed E-state index contributed by atoms with van der Waals surface area (Å²) in [5, 5.41) is 13.8. The zero-order valence-corrected chi connectivity index (χ0v) is 29.8. The highest BCUT2D eigenvalue weighted by Crippen LogP contribution is 2.35. The van der Waals surface area contributed by atoms with E-state index < -0.39 is 36.6 Å². The van der Waals surface area contributed by atoms with Crippen molar-refractivity contribution in [2.75, 3.05) is 14.1 Å². The molecular formula is C38H38N4O6S2. The molecule has 4 aromatic carbocycles. The number of ether oxygens (including phenoxy) is 4. The molecule has 0 aliphatic heterocycles. The number of nitrogens with one attached hydrogen (secondary N) is 2. The average molecular weight is 711 g/mol. The van der Waals surface area contributed by atoms with Gasteiger partial charge in [0, 0.05) is 34.4 Å². The second-order valence-corrected chi connectivity index (χ2v) is 13.2. The van der Waals surface area contributed by atoms with Gasteiger partial charge in [0.2, 0.25) is 0 Å². The molecule has 258 valence electrons. The third-order valence-corrected chi connectivity index (χ3v) is 9.68. The first kappa shape index (κ1) is 35.0. The number of nitrogens with zero attached hydrogens (tertiary/aromatic N) is 2. The number of fused-ring (bicyclic) bond motifs is 2. The van der Waals surface area contributed by atoms with E-state index in [-0.39, 0.29) is 12.8 Å². The van der Waals surface area contributed by atoms with Gasteiger partial charge >= 0.3 is 11.9 Å². The van der Waals surface area contributed by atoms with Crippen molar-refractivity contribution in [1.82, 2.24) is 20.6 Å². The lowest BCUT2D eigenvalue weighted by Crippen LogP contribution is -2.40. The Kier molecular flexibility index (Phi) is 11.3. The van der Waals surface area contributed by atoms with Crippen LogP contribution in [0.15, 0.2) is 94.6 Å². The van der Waals surface area contributed by atoms with Crippen molar-refractivity contribution in [2.45, 2.75) is 51.4 Å². The molecule has 2 heterocycles. The van der Waals surface area contributed by atoms with E-state index in [2.05, 4.69) is 34.4 Å². The second-order valence-electron chi connectivity index (χ2n) is 11.7. The molecule has 0 saturated heterocycles. The molecule has 0 aliphatic rings. The Morgan fingerprint density at radius 1 is 0.620 bits per heavy atom. The summed E-state index contributed by atoms with van der Waals surface area (Å²) in [5.74, 6) is -0.925. The molecule has 6 rings (SSSR count). The number of hydrogen-bond donors (Lipinski definition) is 2. The number of thiazole rings is 2. The van der Waals surface area contributed by atoms with E-state index in [0.29, 0.717) is 22.9 Å². The van der Waals surface area contributed by atoms with Crippen LogP contribution in [-0.4, -0.2) is 48.5 Å². The monoisotopic (exact) mass is 710 g/mol. The van der Waals surface area contributed by atoms with Crippen molar-refractivity contribution in [3.8, 4) is 11.5 Å². The molecule has 2 aromatic heterocycles. The fourth-order valence-electron chi connectivity index (χ4n) is 5.77. The van der Waals surface area contributed by atoms with Crippen LogP contribution in [0.3, 0.4) is 0 Å². The van der Waals surface area contributed by atoms with Crippen LogP contribution in [-0.2, 0) is 19.1 Å². The predicted molar refractivity (Wildman–Crippen MR) is 195 cm³/mol. The van der Waals surface area contributed by atoms with Gasteiger partial charge < -0.3 is 18.9 Å². The van der Waals surface area contributed by atoms with Crippen molar-refractivity contribution in [3.05, 3.63) is 117 Å². The van der Waals surface area contributed by atoms with Gasteiger partial charge in [0.05, 0.1) is 22.4 Å². The Morgan fingerprint density at radius 3 is 1.38 bits per heavy atom. The summed E-state index contributed by atoms with van der Waals surface area (Å²) in [6.45, 7) is 4.10. The lowest BCUT2D eigenvalue weighted by atomic mass is 10.0. The van der Waals surface area contributed by atoms with Gasteiger partial charge in [-0.1, -0.05) is 60.7 Å². The Balaban J connectivity index is 1.13. The maximum Gasteiger partial charge on any atom is 0.419 e. The molecule has 4 atom stereocenters. The number of benzene rings is 4. The van der Waals surface area contributed by atoms with E-state index >= 15 is 0 Å². The summed E-state index contributed by atoms with van der Waals surface area (Å²) in [6, 6.07) is 23.9. The number of hydrogen-bond acceptors (Lipinski definition) is 12. The lowest BCUT2D eigenvalue weighted by molar-refractivity contribution is -0.177. The van der Waals surface area contributed by atoms with Crippen LogP contribution in [0.1, 0.15) is 47.6 Å². The molecule has 10 nitrogen and oxygen atoms in total. The molecule has 0 fully saturated rings. The number of aryl methyl sites for hydroxylation is 2. The fraction of sp³-hybridized carbons (Fsp3) is 0.263. The van der Waals surface area contributed by atoms with Crippen molar-refractivity contribution < 1.29 is 28.5 Å². The quantitative estimate of drug-likeness (QED) is 0.0671. The molecule has 0 amide bonds. The molecular weight excluding hydrogens is 673 g/mol. The van der Waals surface area contributed by atoms with Crippen LogP contribution < -0.4 is 20.1 Å². The SMILES string of the molecule is CNC(CC(Oc1ccc(C)c2ccccc12)c1cscn1)OC(=O)C(=O)OC(CC(Oc1ccc(C)c2ccccc12)c1cscn1)NC. The predicted octanol–water partition coefficient (Wildman–Crippen LogP) is 7.42. The largest absolute Gasteiger partial charge is 0.483 e. The molecule has 0 bridgehead atoms. The molecule has 0 aliphatic carbocycles. The van der Waals surface area contributed by atoms with Gasteiger partial charge in [-0.25, -0.2) is 19.6 Å². The Hall–Kier alpha value is -4.88. The highest BCUT2D eigenvalue weighted by Gasteiger charge is 2.30. The van der Waals surface area contributed by atoms with Crippen LogP contribution in [0.25, 0.3) is 21.5 Å². The highest BCUT2D eigenvalue weighted by molar-refractivity contribution is 7.07. The van der Waals surface area contributed by atoms with Crippen LogP contribution in [0.5, 0.6) is 11.5 Å². The topological polar surface area (TPSA) is 121 Å². The van der Waals surface area contributed by atoms with Gasteiger partial charge in [-0.05, 0) is 62.0 Å². The number of carbonyl (C=O) groups is 2. The molecule has 4 unspecified atom stereocenters. The van der Waals surface area contributed by atoms with E-state index in [1.54, 1.807) is 25.1 Å². The fourth-order valence-corrected chi connectivity index (χ4v) is 6.96. The summed E-state index contributed by atoms with van der Waals surface area (Å²) in [5.41, 5.74) is 7.07. The minimum atomic E-state index is -1.14. The van der Waals surface area contributed by atoms with Crippen LogP contribution in [0, 0.1) is 13.8 Å². The molecule has 2 N–H and O–H groups in total. The van der Waals surface area contributed by atoms with Gasteiger partial charge in [0.1, 0.15) is 23.7 Å². The molecule has 0 saturated carbocycles. The number of carbonyl (C=O) groups excluding carboxylic acids is 2. The Morgan fingerprint density at radius 2 is 1.02 bits per heavy atom. The minimum absolute atomic E-state index is 0.182. The van der Waals surface area contributed by atoms with Crippen LogP contribution >= 0.6 is 22.7 Å². The number of aromatic nitrogens is 2. The van der Waals surface area contributed by atoms with Gasteiger partial charge in [-0.3, -0.25) is 10.6 Å². The molecule has 0 radical (unpaired) electrons. The Labute approximate surface area is 298 Å². The molecule has 0 spiro atoms. The van der Waals surface area contributed by atoms with E-state index in [1.807, 2.05) is 83.6 Å². The third-order valence-electron chi connectivity index (χ3n) is 8.47. The van der Waals surface area contributed by atoms with Gasteiger partial charge in [-0.15, -0.1) is 22.7 Å². The smallest absolute Gasteiger partial charge is 0.419 e. The first-order chi connectivity index (χ1) is 24.3. The molecule has 6 aromatic rings. The van der Waals surface area contributed by atoms with Crippen molar-refractivity contribution in [3.63, 3.8) is 0 Å². The van der Waals surface area contributed by atoms with E-state index in [1.165, 1.54) is 22.7 Å². The van der Waals surface area contributed by atoms with Crippen molar-refractivity contribution >= 4 is 56.2 Å². The van der Waals surface area contributed by atoms with Crippen LogP contribution in [0.2, 0.25) is 0 Å². The summed E-state index contributed by atoms with van der Waals surface area (Å²) in [6.07, 6.45) is -2.55. The first-order valence-corrected chi connectivity index (χ1v) is 18.1. The van der Waals surface area contributed by atoms with E-state index in [9.17, 15) is 9.59 Å². The summed E-state index contributed by atoms with van der Waals surface area (Å²) < 4.78 is 24.3. The van der Waals surface area contributed by atoms with Crippen molar-refractivity contribution in [1.29, 1.82) is 0 Å². The molecule has 12 heteroatoms. The zero-order chi connectivity index (χ0) is 35.0. The normalized spacial score (nSPS) is 13.8. The number of rotatable bonds is 14. The first-order valence-electron chi connectivity index (χ1n) is 16.2. The van der Waals surface area contributed by atoms with Crippen LogP contribution in [0.4, 0.5) is 0 Å². The van der Waals surface area contributed by atoms with Gasteiger partial charge in [-0.2, -0.15) is 0 Å². The van der Waals surface area contributed by atoms with Gasteiger partial charge in [0.15, 0.2) is 12.5 Å².